The molecule has 2 aromatic rings. The second kappa shape index (κ2) is 5.06. The number of benzene rings is 1. The monoisotopic (exact) mass is 348 g/mol. The lowest BCUT2D eigenvalue weighted by Crippen LogP contribution is -2.61. The summed E-state index contributed by atoms with van der Waals surface area (Å²) in [6.45, 7) is 4.17. The molecule has 3 fully saturated rings. The molecule has 0 radical (unpaired) electrons. The molecule has 0 saturated carbocycles. The Bertz CT molecular complexity index is 798. The normalized spacial score (nSPS) is 32.3. The number of rotatable bonds is 1. The molecule has 1 unspecified atom stereocenters. The Balaban J connectivity index is 1.35. The Morgan fingerprint density at radius 3 is 3.00 bits per heavy atom. The maximum Gasteiger partial charge on any atom is 0.291 e. The minimum Gasteiger partial charge on any atom is -0.455 e. The average Bonchev–Trinajstić information content (AvgIpc) is 3.12. The molecule has 7 heteroatoms. The molecular formula is C16H17ClN4OS. The molecule has 5 nitrogen and oxygen atoms in total. The van der Waals surface area contributed by atoms with Gasteiger partial charge in [-0.1, -0.05) is 22.9 Å². The first-order chi connectivity index (χ1) is 11.2. The van der Waals surface area contributed by atoms with Crippen molar-refractivity contribution in [2.24, 2.45) is 10.9 Å². The van der Waals surface area contributed by atoms with Crippen LogP contribution in [0.4, 0.5) is 5.13 Å². The minimum absolute atomic E-state index is 0.112. The van der Waals surface area contributed by atoms with Crippen LogP contribution < -0.4 is 5.32 Å². The lowest BCUT2D eigenvalue weighted by molar-refractivity contribution is -0.0829. The number of aliphatic imine (C=N–C) groups is 1. The summed E-state index contributed by atoms with van der Waals surface area (Å²) in [7, 11) is 0. The molecule has 0 amide bonds. The number of anilines is 1. The number of aromatic nitrogens is 1. The van der Waals surface area contributed by atoms with Crippen molar-refractivity contribution >= 4 is 44.3 Å². The van der Waals surface area contributed by atoms with Gasteiger partial charge in [-0.05, 0) is 44.1 Å². The molecule has 1 aromatic heterocycles. The van der Waals surface area contributed by atoms with Gasteiger partial charge < -0.3 is 4.74 Å². The van der Waals surface area contributed by atoms with Crippen molar-refractivity contribution in [2.45, 2.75) is 18.4 Å². The van der Waals surface area contributed by atoms with E-state index in [1.807, 2.05) is 18.2 Å². The van der Waals surface area contributed by atoms with E-state index in [1.165, 1.54) is 25.9 Å². The topological polar surface area (TPSA) is 49.8 Å². The zero-order valence-electron chi connectivity index (χ0n) is 12.6. The van der Waals surface area contributed by atoms with E-state index in [2.05, 4.69) is 20.2 Å². The van der Waals surface area contributed by atoms with Gasteiger partial charge in [0, 0.05) is 17.5 Å². The van der Waals surface area contributed by atoms with Crippen LogP contribution in [-0.2, 0) is 4.74 Å². The molecule has 23 heavy (non-hydrogen) atoms. The number of nitrogens with zero attached hydrogens (tertiary/aromatic N) is 3. The summed E-state index contributed by atoms with van der Waals surface area (Å²) in [6.07, 6.45) is 2.45. The molecule has 6 rings (SSSR count). The molecule has 2 bridgehead atoms. The smallest absolute Gasteiger partial charge is 0.291 e. The Kier molecular flexibility index (Phi) is 3.08. The molecule has 5 heterocycles. The standard InChI is InChI=1S/C16H17ClN4OS/c17-11-1-2-12-13(7-11)23-15(19-12)20-14-18-8-16(22-14)9-21-5-3-10(16)4-6-21/h1-2,7,10H,3-6,8-9H2,(H,18,19,20). The summed E-state index contributed by atoms with van der Waals surface area (Å²) in [5.41, 5.74) is 0.830. The Labute approximate surface area is 143 Å². The lowest BCUT2D eigenvalue weighted by Gasteiger charge is -2.50. The van der Waals surface area contributed by atoms with E-state index in [-0.39, 0.29) is 5.60 Å². The van der Waals surface area contributed by atoms with Crippen LogP contribution in [0.15, 0.2) is 23.2 Å². The molecule has 120 valence electrons. The van der Waals surface area contributed by atoms with Gasteiger partial charge in [0.2, 0.25) is 0 Å². The SMILES string of the molecule is Clc1ccc2nc(NC3=NCC4(CN5CCC4CC5)O3)sc2c1. The number of fused-ring (bicyclic) bond motifs is 3. The van der Waals surface area contributed by atoms with Gasteiger partial charge in [-0.15, -0.1) is 0 Å². The van der Waals surface area contributed by atoms with Crippen LogP contribution in [-0.4, -0.2) is 47.7 Å². The largest absolute Gasteiger partial charge is 0.455 e. The number of hydrogen-bond acceptors (Lipinski definition) is 6. The highest BCUT2D eigenvalue weighted by Crippen LogP contribution is 2.41. The summed E-state index contributed by atoms with van der Waals surface area (Å²) < 4.78 is 7.35. The third kappa shape index (κ3) is 2.31. The van der Waals surface area contributed by atoms with Crippen LogP contribution in [0.5, 0.6) is 0 Å². The number of halogens is 1. The second-order valence-corrected chi connectivity index (χ2v) is 8.06. The van der Waals surface area contributed by atoms with E-state index in [0.29, 0.717) is 11.9 Å². The Morgan fingerprint density at radius 2 is 2.22 bits per heavy atom. The van der Waals surface area contributed by atoms with Crippen LogP contribution >= 0.6 is 22.9 Å². The number of amidine groups is 1. The lowest BCUT2D eigenvalue weighted by atomic mass is 9.75. The summed E-state index contributed by atoms with van der Waals surface area (Å²) >= 11 is 7.61. The van der Waals surface area contributed by atoms with Gasteiger partial charge in [0.15, 0.2) is 5.13 Å². The van der Waals surface area contributed by atoms with Crippen molar-refractivity contribution in [3.05, 3.63) is 23.2 Å². The average molecular weight is 349 g/mol. The fraction of sp³-hybridized carbons (Fsp3) is 0.500. The van der Waals surface area contributed by atoms with Gasteiger partial charge in [0.1, 0.15) is 5.60 Å². The number of ether oxygens (including phenoxy) is 1. The number of hydrogen-bond donors (Lipinski definition) is 1. The minimum atomic E-state index is -0.112. The van der Waals surface area contributed by atoms with Crippen LogP contribution in [0.2, 0.25) is 5.02 Å². The van der Waals surface area contributed by atoms with Crippen molar-refractivity contribution in [1.82, 2.24) is 9.88 Å². The Hall–Kier alpha value is -1.37. The number of piperidine rings is 3. The zero-order chi connectivity index (χ0) is 15.4. The van der Waals surface area contributed by atoms with Crippen LogP contribution in [0.3, 0.4) is 0 Å². The van der Waals surface area contributed by atoms with Crippen molar-refractivity contribution in [1.29, 1.82) is 0 Å². The molecule has 1 atom stereocenters. The Morgan fingerprint density at radius 1 is 1.35 bits per heavy atom. The van der Waals surface area contributed by atoms with E-state index in [1.54, 1.807) is 11.3 Å². The van der Waals surface area contributed by atoms with Gasteiger partial charge in [-0.3, -0.25) is 10.2 Å². The maximum absolute atomic E-state index is 6.29. The van der Waals surface area contributed by atoms with E-state index < -0.39 is 0 Å². The van der Waals surface area contributed by atoms with Gasteiger partial charge in [0.25, 0.3) is 6.02 Å². The van der Waals surface area contributed by atoms with Gasteiger partial charge in [0.05, 0.1) is 16.8 Å². The quantitative estimate of drug-likeness (QED) is 0.859. The first-order valence-electron chi connectivity index (χ1n) is 7.99. The van der Waals surface area contributed by atoms with Crippen LogP contribution in [0.25, 0.3) is 10.2 Å². The molecule has 1 N–H and O–H groups in total. The predicted molar refractivity (Wildman–Crippen MR) is 93.5 cm³/mol. The fourth-order valence-corrected chi connectivity index (χ4v) is 5.12. The fourth-order valence-electron chi connectivity index (χ4n) is 3.99. The van der Waals surface area contributed by atoms with Crippen molar-refractivity contribution in [3.63, 3.8) is 0 Å². The van der Waals surface area contributed by atoms with E-state index in [0.717, 1.165) is 33.5 Å². The summed E-state index contributed by atoms with van der Waals surface area (Å²) in [4.78, 5) is 11.7. The van der Waals surface area contributed by atoms with Gasteiger partial charge in [-0.2, -0.15) is 0 Å². The number of nitrogens with one attached hydrogen (secondary N) is 1. The van der Waals surface area contributed by atoms with Crippen molar-refractivity contribution < 1.29 is 4.74 Å². The predicted octanol–water partition coefficient (Wildman–Crippen LogP) is 3.21. The van der Waals surface area contributed by atoms with E-state index in [4.69, 9.17) is 16.3 Å². The van der Waals surface area contributed by atoms with Crippen molar-refractivity contribution in [3.8, 4) is 0 Å². The third-order valence-corrected chi connectivity index (χ3v) is 6.35. The zero-order valence-corrected chi connectivity index (χ0v) is 14.2. The van der Waals surface area contributed by atoms with Gasteiger partial charge in [-0.25, -0.2) is 9.98 Å². The van der Waals surface area contributed by atoms with E-state index in [9.17, 15) is 0 Å². The molecular weight excluding hydrogens is 332 g/mol. The summed E-state index contributed by atoms with van der Waals surface area (Å²) in [5.74, 6) is 0.629. The third-order valence-electron chi connectivity index (χ3n) is 5.18. The molecule has 3 saturated heterocycles. The first kappa shape index (κ1) is 14.0. The molecule has 1 aromatic carbocycles. The van der Waals surface area contributed by atoms with Crippen LogP contribution in [0, 0.1) is 5.92 Å². The highest BCUT2D eigenvalue weighted by molar-refractivity contribution is 7.22. The summed E-state index contributed by atoms with van der Waals surface area (Å²) in [6, 6.07) is 6.35. The second-order valence-electron chi connectivity index (χ2n) is 6.59. The highest BCUT2D eigenvalue weighted by Gasteiger charge is 2.51. The summed E-state index contributed by atoms with van der Waals surface area (Å²) in [5, 5.41) is 4.79. The molecule has 4 aliphatic heterocycles. The molecule has 1 spiro atoms. The van der Waals surface area contributed by atoms with Crippen LogP contribution in [0.1, 0.15) is 12.8 Å². The maximum atomic E-state index is 6.29. The first-order valence-corrected chi connectivity index (χ1v) is 9.19. The molecule has 4 aliphatic rings. The highest BCUT2D eigenvalue weighted by atomic mass is 35.5. The molecule has 0 aliphatic carbocycles. The van der Waals surface area contributed by atoms with E-state index >= 15 is 0 Å². The van der Waals surface area contributed by atoms with Gasteiger partial charge >= 0.3 is 0 Å². The van der Waals surface area contributed by atoms with Crippen molar-refractivity contribution in [2.75, 3.05) is 31.5 Å². The number of thiazole rings is 1.